The SMILES string of the molecule is C=CCc1cc(OC)c(OC)c(-c2c(Br)c(CC=C)cc(OC)c2OC)c1Br. The molecule has 2 aromatic carbocycles. The van der Waals surface area contributed by atoms with E-state index in [1.165, 1.54) is 0 Å². The summed E-state index contributed by atoms with van der Waals surface area (Å²) in [6, 6.07) is 3.89. The van der Waals surface area contributed by atoms with Crippen molar-refractivity contribution in [1.29, 1.82) is 0 Å². The van der Waals surface area contributed by atoms with Crippen LogP contribution in [0.5, 0.6) is 23.0 Å². The smallest absolute Gasteiger partial charge is 0.169 e. The van der Waals surface area contributed by atoms with E-state index in [0.717, 1.165) is 31.2 Å². The normalized spacial score (nSPS) is 10.4. The van der Waals surface area contributed by atoms with Gasteiger partial charge in [-0.05, 0) is 68.0 Å². The van der Waals surface area contributed by atoms with E-state index in [0.29, 0.717) is 35.8 Å². The predicted molar refractivity (Wildman–Crippen MR) is 121 cm³/mol. The highest BCUT2D eigenvalue weighted by molar-refractivity contribution is 9.11. The van der Waals surface area contributed by atoms with Gasteiger partial charge < -0.3 is 18.9 Å². The topological polar surface area (TPSA) is 36.9 Å². The summed E-state index contributed by atoms with van der Waals surface area (Å²) in [5.74, 6) is 2.44. The first-order valence-corrected chi connectivity index (χ1v) is 10.2. The molecule has 0 aliphatic rings. The summed E-state index contributed by atoms with van der Waals surface area (Å²) in [5.41, 5.74) is 3.66. The molecule has 0 atom stereocenters. The van der Waals surface area contributed by atoms with Crippen molar-refractivity contribution >= 4 is 31.9 Å². The van der Waals surface area contributed by atoms with Crippen molar-refractivity contribution in [1.82, 2.24) is 0 Å². The van der Waals surface area contributed by atoms with E-state index in [1.54, 1.807) is 28.4 Å². The molecule has 0 saturated heterocycles. The first-order valence-electron chi connectivity index (χ1n) is 8.57. The minimum Gasteiger partial charge on any atom is -0.493 e. The quantitative estimate of drug-likeness (QED) is 0.366. The summed E-state index contributed by atoms with van der Waals surface area (Å²) >= 11 is 7.52. The highest BCUT2D eigenvalue weighted by atomic mass is 79.9. The van der Waals surface area contributed by atoms with Gasteiger partial charge in [0.05, 0.1) is 28.4 Å². The molecule has 4 nitrogen and oxygen atoms in total. The molecule has 2 aromatic rings. The van der Waals surface area contributed by atoms with Crippen LogP contribution >= 0.6 is 31.9 Å². The minimum absolute atomic E-state index is 0.596. The fourth-order valence-corrected chi connectivity index (χ4v) is 4.41. The van der Waals surface area contributed by atoms with E-state index in [2.05, 4.69) is 45.0 Å². The number of hydrogen-bond acceptors (Lipinski definition) is 4. The van der Waals surface area contributed by atoms with Gasteiger partial charge in [0.1, 0.15) is 0 Å². The predicted octanol–water partition coefficient (Wildman–Crippen LogP) is 6.37. The van der Waals surface area contributed by atoms with Gasteiger partial charge in [-0.2, -0.15) is 0 Å². The Bertz CT molecular complexity index is 818. The van der Waals surface area contributed by atoms with Crippen molar-refractivity contribution in [3.63, 3.8) is 0 Å². The molecule has 0 aliphatic carbocycles. The van der Waals surface area contributed by atoms with Crippen LogP contribution in [-0.4, -0.2) is 28.4 Å². The van der Waals surface area contributed by atoms with E-state index in [4.69, 9.17) is 18.9 Å². The molecular weight excluding hydrogens is 488 g/mol. The van der Waals surface area contributed by atoms with Crippen LogP contribution in [0.25, 0.3) is 11.1 Å². The lowest BCUT2D eigenvalue weighted by Crippen LogP contribution is -2.02. The first-order chi connectivity index (χ1) is 13.5. The standard InChI is InChI=1S/C22H24Br2O4/c1-7-9-13-11-15(25-3)21(27-5)17(19(13)23)18-20(24)14(10-8-2)12-16(26-4)22(18)28-6/h7-8,11-12H,1-2,9-10H2,3-6H3. The van der Waals surface area contributed by atoms with Gasteiger partial charge in [0, 0.05) is 20.1 Å². The van der Waals surface area contributed by atoms with Gasteiger partial charge in [-0.15, -0.1) is 13.2 Å². The van der Waals surface area contributed by atoms with E-state index >= 15 is 0 Å². The van der Waals surface area contributed by atoms with Crippen LogP contribution in [0.1, 0.15) is 11.1 Å². The fourth-order valence-electron chi connectivity index (χ4n) is 3.10. The molecule has 0 fully saturated rings. The first kappa shape index (κ1) is 22.4. The highest BCUT2D eigenvalue weighted by Crippen LogP contribution is 2.53. The van der Waals surface area contributed by atoms with Crippen LogP contribution in [0.4, 0.5) is 0 Å². The van der Waals surface area contributed by atoms with Gasteiger partial charge in [-0.25, -0.2) is 0 Å². The number of rotatable bonds is 9. The second kappa shape index (κ2) is 10.0. The Labute approximate surface area is 183 Å². The molecular formula is C22H24Br2O4. The van der Waals surface area contributed by atoms with Gasteiger partial charge in [-0.3, -0.25) is 0 Å². The maximum Gasteiger partial charge on any atom is 0.169 e. The fraction of sp³-hybridized carbons (Fsp3) is 0.273. The lowest BCUT2D eigenvalue weighted by Gasteiger charge is -2.22. The average molecular weight is 512 g/mol. The molecule has 0 amide bonds. The van der Waals surface area contributed by atoms with Crippen LogP contribution in [-0.2, 0) is 12.8 Å². The zero-order chi connectivity index (χ0) is 20.8. The molecule has 0 aromatic heterocycles. The number of hydrogen-bond donors (Lipinski definition) is 0. The van der Waals surface area contributed by atoms with E-state index in [9.17, 15) is 0 Å². The van der Waals surface area contributed by atoms with Crippen molar-refractivity contribution in [3.8, 4) is 34.1 Å². The van der Waals surface area contributed by atoms with Gasteiger partial charge in [-0.1, -0.05) is 12.2 Å². The Morgan fingerprint density at radius 2 is 1.07 bits per heavy atom. The molecule has 0 bridgehead atoms. The largest absolute Gasteiger partial charge is 0.493 e. The monoisotopic (exact) mass is 510 g/mol. The van der Waals surface area contributed by atoms with Crippen LogP contribution in [0.2, 0.25) is 0 Å². The van der Waals surface area contributed by atoms with Crippen molar-refractivity contribution < 1.29 is 18.9 Å². The van der Waals surface area contributed by atoms with Gasteiger partial charge in [0.25, 0.3) is 0 Å². The minimum atomic E-state index is 0.596. The molecule has 0 unspecified atom stereocenters. The highest BCUT2D eigenvalue weighted by Gasteiger charge is 2.27. The molecule has 0 heterocycles. The van der Waals surface area contributed by atoms with E-state index in [-0.39, 0.29) is 0 Å². The Hall–Kier alpha value is -1.92. The lowest BCUT2D eigenvalue weighted by atomic mass is 9.95. The Morgan fingerprint density at radius 3 is 1.32 bits per heavy atom. The third kappa shape index (κ3) is 4.08. The van der Waals surface area contributed by atoms with Crippen LogP contribution in [0, 0.1) is 0 Å². The van der Waals surface area contributed by atoms with Crippen LogP contribution in [0.3, 0.4) is 0 Å². The summed E-state index contributed by atoms with van der Waals surface area (Å²) in [4.78, 5) is 0. The third-order valence-corrected chi connectivity index (χ3v) is 6.15. The maximum absolute atomic E-state index is 5.75. The second-order valence-electron chi connectivity index (χ2n) is 5.91. The van der Waals surface area contributed by atoms with E-state index < -0.39 is 0 Å². The van der Waals surface area contributed by atoms with Crippen molar-refractivity contribution in [2.24, 2.45) is 0 Å². The lowest BCUT2D eigenvalue weighted by molar-refractivity contribution is 0.351. The number of allylic oxidation sites excluding steroid dienone is 2. The van der Waals surface area contributed by atoms with E-state index in [1.807, 2.05) is 24.3 Å². The molecule has 0 aliphatic heterocycles. The Kier molecular flexibility index (Phi) is 8.01. The van der Waals surface area contributed by atoms with Gasteiger partial charge in [0.15, 0.2) is 23.0 Å². The summed E-state index contributed by atoms with van der Waals surface area (Å²) in [7, 11) is 6.47. The summed E-state index contributed by atoms with van der Waals surface area (Å²) in [5, 5.41) is 0. The zero-order valence-corrected chi connectivity index (χ0v) is 19.7. The van der Waals surface area contributed by atoms with Gasteiger partial charge in [0.2, 0.25) is 0 Å². The summed E-state index contributed by atoms with van der Waals surface area (Å²) < 4.78 is 24.5. The summed E-state index contributed by atoms with van der Waals surface area (Å²) in [6.07, 6.45) is 5.02. The molecule has 28 heavy (non-hydrogen) atoms. The third-order valence-electron chi connectivity index (χ3n) is 4.34. The van der Waals surface area contributed by atoms with Crippen molar-refractivity contribution in [3.05, 3.63) is 57.5 Å². The molecule has 0 radical (unpaired) electrons. The molecule has 0 spiro atoms. The molecule has 2 rings (SSSR count). The number of ether oxygens (including phenoxy) is 4. The van der Waals surface area contributed by atoms with Crippen LogP contribution in [0.15, 0.2) is 46.4 Å². The molecule has 0 saturated carbocycles. The zero-order valence-electron chi connectivity index (χ0n) is 16.5. The number of methoxy groups -OCH3 is 4. The average Bonchev–Trinajstić information content (AvgIpc) is 2.70. The molecule has 0 N–H and O–H groups in total. The second-order valence-corrected chi connectivity index (χ2v) is 7.49. The summed E-state index contributed by atoms with van der Waals surface area (Å²) in [6.45, 7) is 7.71. The Morgan fingerprint density at radius 1 is 0.714 bits per heavy atom. The van der Waals surface area contributed by atoms with Crippen molar-refractivity contribution in [2.75, 3.05) is 28.4 Å². The van der Waals surface area contributed by atoms with Crippen molar-refractivity contribution in [2.45, 2.75) is 12.8 Å². The van der Waals surface area contributed by atoms with Gasteiger partial charge >= 0.3 is 0 Å². The molecule has 6 heteroatoms. The Balaban J connectivity index is 3.04. The molecule has 150 valence electrons. The number of halogens is 2. The number of benzene rings is 2. The maximum atomic E-state index is 5.75. The van der Waals surface area contributed by atoms with Crippen LogP contribution < -0.4 is 18.9 Å².